The molecule has 17 heavy (non-hydrogen) atoms. The van der Waals surface area contributed by atoms with Gasteiger partial charge in [0.1, 0.15) is 10.7 Å². The molecular formula is C9H12F3N3OS. The minimum absolute atomic E-state index is 0.101. The monoisotopic (exact) mass is 267 g/mol. The summed E-state index contributed by atoms with van der Waals surface area (Å²) in [5, 5.41) is 4.20. The number of rotatable bonds is 4. The van der Waals surface area contributed by atoms with Crippen molar-refractivity contribution < 1.29 is 18.0 Å². The standard InChI is InChI=1S/C9H12F3N3OS/c1-5(13)8-15-6(4-17-8)7(16)14-3-2-9(10,11)12/h4-5H,2-3,13H2,1H3,(H,14,16). The van der Waals surface area contributed by atoms with Crippen LogP contribution in [-0.4, -0.2) is 23.6 Å². The summed E-state index contributed by atoms with van der Waals surface area (Å²) in [6.45, 7) is 1.26. The van der Waals surface area contributed by atoms with E-state index in [2.05, 4.69) is 10.3 Å². The number of amides is 1. The highest BCUT2D eigenvalue weighted by Crippen LogP contribution is 2.18. The van der Waals surface area contributed by atoms with Gasteiger partial charge in [-0.3, -0.25) is 4.79 Å². The first-order valence-corrected chi connectivity index (χ1v) is 5.73. The number of nitrogens with one attached hydrogen (secondary N) is 1. The predicted molar refractivity (Wildman–Crippen MR) is 57.7 cm³/mol. The van der Waals surface area contributed by atoms with Crippen molar-refractivity contribution in [1.29, 1.82) is 0 Å². The van der Waals surface area contributed by atoms with Crippen molar-refractivity contribution in [3.05, 3.63) is 16.1 Å². The summed E-state index contributed by atoms with van der Waals surface area (Å²) in [6.07, 6.45) is -5.32. The number of nitrogens with two attached hydrogens (primary N) is 1. The molecule has 0 saturated carbocycles. The van der Waals surface area contributed by atoms with Gasteiger partial charge in [-0.2, -0.15) is 13.2 Å². The van der Waals surface area contributed by atoms with E-state index in [1.807, 2.05) is 0 Å². The van der Waals surface area contributed by atoms with Crippen LogP contribution < -0.4 is 11.1 Å². The third kappa shape index (κ3) is 4.70. The van der Waals surface area contributed by atoms with Crippen molar-refractivity contribution in [3.8, 4) is 0 Å². The first-order valence-electron chi connectivity index (χ1n) is 4.85. The maximum absolute atomic E-state index is 11.8. The summed E-state index contributed by atoms with van der Waals surface area (Å²) < 4.78 is 35.5. The van der Waals surface area contributed by atoms with E-state index in [1.54, 1.807) is 6.92 Å². The van der Waals surface area contributed by atoms with Crippen LogP contribution in [0.15, 0.2) is 5.38 Å². The van der Waals surface area contributed by atoms with Crippen LogP contribution in [0, 0.1) is 0 Å². The Hall–Kier alpha value is -1.15. The molecule has 1 rings (SSSR count). The highest BCUT2D eigenvalue weighted by Gasteiger charge is 2.26. The molecule has 1 heterocycles. The average Bonchev–Trinajstić information content (AvgIpc) is 2.63. The maximum atomic E-state index is 11.8. The van der Waals surface area contributed by atoms with Crippen LogP contribution >= 0.6 is 11.3 Å². The predicted octanol–water partition coefficient (Wildman–Crippen LogP) is 1.85. The van der Waals surface area contributed by atoms with Gasteiger partial charge in [-0.15, -0.1) is 11.3 Å². The van der Waals surface area contributed by atoms with Crippen molar-refractivity contribution in [3.63, 3.8) is 0 Å². The van der Waals surface area contributed by atoms with Crippen molar-refractivity contribution in [2.24, 2.45) is 5.73 Å². The number of thiazole rings is 1. The van der Waals surface area contributed by atoms with Crippen LogP contribution in [0.1, 0.15) is 34.9 Å². The lowest BCUT2D eigenvalue weighted by atomic mass is 10.3. The number of aromatic nitrogens is 1. The molecule has 4 nitrogen and oxygen atoms in total. The van der Waals surface area contributed by atoms with E-state index in [0.717, 1.165) is 0 Å². The molecule has 1 aromatic rings. The van der Waals surface area contributed by atoms with Crippen LogP contribution in [0.2, 0.25) is 0 Å². The van der Waals surface area contributed by atoms with Gasteiger partial charge in [0, 0.05) is 11.9 Å². The maximum Gasteiger partial charge on any atom is 0.390 e. The van der Waals surface area contributed by atoms with Gasteiger partial charge in [0.2, 0.25) is 0 Å². The van der Waals surface area contributed by atoms with Gasteiger partial charge in [0.15, 0.2) is 0 Å². The third-order valence-electron chi connectivity index (χ3n) is 1.84. The molecule has 0 aromatic carbocycles. The van der Waals surface area contributed by atoms with Gasteiger partial charge in [-0.1, -0.05) is 0 Å². The van der Waals surface area contributed by atoms with Crippen LogP contribution in [0.4, 0.5) is 13.2 Å². The molecule has 0 bridgehead atoms. The number of hydrogen-bond acceptors (Lipinski definition) is 4. The van der Waals surface area contributed by atoms with Crippen molar-refractivity contribution in [2.75, 3.05) is 6.54 Å². The molecule has 0 fully saturated rings. The summed E-state index contributed by atoms with van der Waals surface area (Å²) in [4.78, 5) is 15.3. The Balaban J connectivity index is 2.47. The topological polar surface area (TPSA) is 68.0 Å². The third-order valence-corrected chi connectivity index (χ3v) is 2.88. The van der Waals surface area contributed by atoms with Crippen molar-refractivity contribution in [1.82, 2.24) is 10.3 Å². The van der Waals surface area contributed by atoms with Crippen LogP contribution in [-0.2, 0) is 0 Å². The lowest BCUT2D eigenvalue weighted by Crippen LogP contribution is -2.28. The molecule has 1 unspecified atom stereocenters. The lowest BCUT2D eigenvalue weighted by molar-refractivity contribution is -0.132. The molecule has 0 spiro atoms. The number of nitrogens with zero attached hydrogens (tertiary/aromatic N) is 1. The molecule has 0 aliphatic rings. The second-order valence-electron chi connectivity index (χ2n) is 3.48. The summed E-state index contributed by atoms with van der Waals surface area (Å²) in [5.41, 5.74) is 5.65. The van der Waals surface area contributed by atoms with Crippen LogP contribution in [0.5, 0.6) is 0 Å². The molecule has 3 N–H and O–H groups in total. The second kappa shape index (κ2) is 5.46. The minimum atomic E-state index is -4.27. The Bertz CT molecular complexity index is 389. The Morgan fingerprint density at radius 2 is 2.29 bits per heavy atom. The summed E-state index contributed by atoms with van der Waals surface area (Å²) >= 11 is 1.21. The largest absolute Gasteiger partial charge is 0.390 e. The van der Waals surface area contributed by atoms with E-state index in [9.17, 15) is 18.0 Å². The number of alkyl halides is 3. The molecule has 0 saturated heterocycles. The fourth-order valence-electron chi connectivity index (χ4n) is 1.01. The van der Waals surface area contributed by atoms with Gasteiger partial charge in [0.05, 0.1) is 12.5 Å². The first kappa shape index (κ1) is 13.9. The van der Waals surface area contributed by atoms with Gasteiger partial charge >= 0.3 is 6.18 Å². The Kier molecular flexibility index (Phi) is 4.47. The second-order valence-corrected chi connectivity index (χ2v) is 4.37. The number of hydrogen-bond donors (Lipinski definition) is 2. The fourth-order valence-corrected chi connectivity index (χ4v) is 1.77. The molecule has 0 aliphatic carbocycles. The number of carbonyl (C=O) groups excluding carboxylic acids is 1. The van der Waals surface area contributed by atoms with E-state index < -0.39 is 25.0 Å². The zero-order chi connectivity index (χ0) is 13.1. The molecule has 0 radical (unpaired) electrons. The summed E-state index contributed by atoms with van der Waals surface area (Å²) in [5.74, 6) is -0.614. The average molecular weight is 267 g/mol. The van der Waals surface area contributed by atoms with Gasteiger partial charge in [-0.25, -0.2) is 4.98 Å². The minimum Gasteiger partial charge on any atom is -0.350 e. The van der Waals surface area contributed by atoms with Crippen molar-refractivity contribution >= 4 is 17.2 Å². The molecule has 1 aromatic heterocycles. The zero-order valence-electron chi connectivity index (χ0n) is 9.04. The van der Waals surface area contributed by atoms with Crippen LogP contribution in [0.3, 0.4) is 0 Å². The summed E-state index contributed by atoms with van der Waals surface area (Å²) in [7, 11) is 0. The van der Waals surface area contributed by atoms with E-state index in [1.165, 1.54) is 16.7 Å². The smallest absolute Gasteiger partial charge is 0.350 e. The van der Waals surface area contributed by atoms with E-state index in [4.69, 9.17) is 5.73 Å². The Morgan fingerprint density at radius 1 is 1.65 bits per heavy atom. The molecule has 1 amide bonds. The molecule has 0 aliphatic heterocycles. The van der Waals surface area contributed by atoms with E-state index >= 15 is 0 Å². The molecular weight excluding hydrogens is 255 g/mol. The zero-order valence-corrected chi connectivity index (χ0v) is 9.86. The first-order chi connectivity index (χ1) is 7.79. The quantitative estimate of drug-likeness (QED) is 0.874. The van der Waals surface area contributed by atoms with E-state index in [0.29, 0.717) is 5.01 Å². The highest BCUT2D eigenvalue weighted by molar-refractivity contribution is 7.09. The molecule has 96 valence electrons. The van der Waals surface area contributed by atoms with E-state index in [-0.39, 0.29) is 11.7 Å². The SMILES string of the molecule is CC(N)c1nc(C(=O)NCCC(F)(F)F)cs1. The highest BCUT2D eigenvalue weighted by atomic mass is 32.1. The van der Waals surface area contributed by atoms with Gasteiger partial charge in [0.25, 0.3) is 5.91 Å². The summed E-state index contributed by atoms with van der Waals surface area (Å²) in [6, 6.07) is -0.295. The number of halogens is 3. The Labute approximate surface area is 100 Å². The Morgan fingerprint density at radius 3 is 2.76 bits per heavy atom. The van der Waals surface area contributed by atoms with Gasteiger partial charge < -0.3 is 11.1 Å². The van der Waals surface area contributed by atoms with Crippen LogP contribution in [0.25, 0.3) is 0 Å². The molecule has 1 atom stereocenters. The normalized spacial score (nSPS) is 13.5. The lowest BCUT2D eigenvalue weighted by Gasteiger charge is -2.06. The number of carbonyl (C=O) groups is 1. The van der Waals surface area contributed by atoms with Crippen molar-refractivity contribution in [2.45, 2.75) is 25.6 Å². The molecule has 8 heteroatoms. The fraction of sp³-hybridized carbons (Fsp3) is 0.556. The van der Waals surface area contributed by atoms with Gasteiger partial charge in [-0.05, 0) is 6.92 Å².